The number of halogens is 1. The van der Waals surface area contributed by atoms with Gasteiger partial charge in [0.25, 0.3) is 0 Å². The summed E-state index contributed by atoms with van der Waals surface area (Å²) in [6.45, 7) is 0. The molecule has 3 nitrogen and oxygen atoms in total. The van der Waals surface area contributed by atoms with E-state index in [9.17, 15) is 4.79 Å². The first-order chi connectivity index (χ1) is 9.29. The quantitative estimate of drug-likeness (QED) is 0.675. The van der Waals surface area contributed by atoms with Gasteiger partial charge in [0.15, 0.2) is 6.29 Å². The predicted octanol–water partition coefficient (Wildman–Crippen LogP) is 3.87. The number of carbonyl (C=O) groups excluding carboxylic acids is 1. The van der Waals surface area contributed by atoms with Crippen LogP contribution in [0.1, 0.15) is 10.5 Å². The number of nitrogens with zero attached hydrogens (tertiary/aromatic N) is 2. The minimum absolute atomic E-state index is 0.358. The zero-order valence-electron chi connectivity index (χ0n) is 9.88. The Balaban J connectivity index is 2.35. The molecule has 0 bridgehead atoms. The van der Waals surface area contributed by atoms with Gasteiger partial charge in [-0.1, -0.05) is 36.4 Å². The third kappa shape index (κ3) is 2.15. The molecule has 4 heteroatoms. The van der Waals surface area contributed by atoms with Crippen LogP contribution in [0.25, 0.3) is 22.3 Å². The molecule has 3 aromatic rings. The average Bonchev–Trinajstić information content (AvgIpc) is 2.47. The molecule has 0 aliphatic carbocycles. The van der Waals surface area contributed by atoms with Gasteiger partial charge >= 0.3 is 0 Å². The molecule has 1 aromatic heterocycles. The largest absolute Gasteiger partial charge is 0.296 e. The molecule has 0 aliphatic heterocycles. The van der Waals surface area contributed by atoms with E-state index in [1.807, 2.05) is 48.5 Å². The summed E-state index contributed by atoms with van der Waals surface area (Å²) in [6, 6.07) is 15.2. The van der Waals surface area contributed by atoms with Gasteiger partial charge in [-0.15, -0.1) is 0 Å². The van der Waals surface area contributed by atoms with Crippen LogP contribution in [0.15, 0.2) is 53.0 Å². The maximum absolute atomic E-state index is 11.2. The third-order valence-electron chi connectivity index (χ3n) is 2.83. The molecule has 2 aromatic carbocycles. The van der Waals surface area contributed by atoms with Gasteiger partial charge in [-0.3, -0.25) is 4.79 Å². The molecule has 0 saturated heterocycles. The van der Waals surface area contributed by atoms with Crippen LogP contribution in [0.5, 0.6) is 0 Å². The molecule has 3 rings (SSSR count). The Labute approximate surface area is 118 Å². The Bertz CT molecular complexity index is 757. The fraction of sp³-hybridized carbons (Fsp3) is 0. The van der Waals surface area contributed by atoms with Gasteiger partial charge in [0.2, 0.25) is 0 Å². The molecule has 0 spiro atoms. The highest BCUT2D eigenvalue weighted by Crippen LogP contribution is 2.26. The summed E-state index contributed by atoms with van der Waals surface area (Å²) < 4.78 is 0.868. The molecule has 0 amide bonds. The lowest BCUT2D eigenvalue weighted by atomic mass is 10.1. The summed E-state index contributed by atoms with van der Waals surface area (Å²) in [6.07, 6.45) is 0.746. The Morgan fingerprint density at radius 3 is 2.47 bits per heavy atom. The molecule has 0 saturated carbocycles. The number of fused-ring (bicyclic) bond motifs is 1. The van der Waals surface area contributed by atoms with Crippen molar-refractivity contribution in [2.75, 3.05) is 0 Å². The Hall–Kier alpha value is -2.07. The molecule has 0 unspecified atom stereocenters. The molecule has 0 radical (unpaired) electrons. The van der Waals surface area contributed by atoms with Crippen molar-refractivity contribution in [1.82, 2.24) is 9.97 Å². The maximum Gasteiger partial charge on any atom is 0.170 e. The number of benzene rings is 2. The predicted molar refractivity (Wildman–Crippen MR) is 78.1 cm³/mol. The normalized spacial score (nSPS) is 10.6. The fourth-order valence-corrected chi connectivity index (χ4v) is 2.39. The highest BCUT2D eigenvalue weighted by Gasteiger charge is 2.11. The molecule has 0 aliphatic rings. The Morgan fingerprint density at radius 1 is 0.947 bits per heavy atom. The molecule has 0 N–H and O–H groups in total. The fourth-order valence-electron chi connectivity index (χ4n) is 1.95. The van der Waals surface area contributed by atoms with Gasteiger partial charge in [0.05, 0.1) is 5.52 Å². The molecule has 19 heavy (non-hydrogen) atoms. The number of aromatic nitrogens is 2. The molecule has 1 heterocycles. The van der Waals surface area contributed by atoms with Crippen molar-refractivity contribution in [1.29, 1.82) is 0 Å². The Morgan fingerprint density at radius 2 is 1.74 bits per heavy atom. The lowest BCUT2D eigenvalue weighted by molar-refractivity contribution is 0.111. The monoisotopic (exact) mass is 312 g/mol. The van der Waals surface area contributed by atoms with Crippen LogP contribution in [-0.2, 0) is 0 Å². The average molecular weight is 313 g/mol. The summed E-state index contributed by atoms with van der Waals surface area (Å²) in [5.41, 5.74) is 3.31. The van der Waals surface area contributed by atoms with Gasteiger partial charge in [0, 0.05) is 10.0 Å². The number of aldehydes is 1. The van der Waals surface area contributed by atoms with Gasteiger partial charge in [-0.2, -0.15) is 0 Å². The van der Waals surface area contributed by atoms with Crippen LogP contribution >= 0.6 is 15.9 Å². The number of rotatable bonds is 2. The van der Waals surface area contributed by atoms with Crippen molar-refractivity contribution < 1.29 is 4.79 Å². The van der Waals surface area contributed by atoms with Gasteiger partial charge in [0.1, 0.15) is 16.9 Å². The summed E-state index contributed by atoms with van der Waals surface area (Å²) in [5.74, 6) is 0. The smallest absolute Gasteiger partial charge is 0.170 e. The second-order valence-electron chi connectivity index (χ2n) is 4.05. The van der Waals surface area contributed by atoms with E-state index in [1.54, 1.807) is 0 Å². The van der Waals surface area contributed by atoms with Crippen LogP contribution < -0.4 is 0 Å². The van der Waals surface area contributed by atoms with Crippen molar-refractivity contribution in [2.24, 2.45) is 0 Å². The van der Waals surface area contributed by atoms with E-state index in [4.69, 9.17) is 0 Å². The first kappa shape index (κ1) is 12.0. The second kappa shape index (κ2) is 4.90. The van der Waals surface area contributed by atoms with Crippen LogP contribution in [0.2, 0.25) is 0 Å². The van der Waals surface area contributed by atoms with Crippen molar-refractivity contribution in [3.8, 4) is 11.3 Å². The number of hydrogen-bond donors (Lipinski definition) is 0. The maximum atomic E-state index is 11.2. The van der Waals surface area contributed by atoms with Crippen molar-refractivity contribution >= 4 is 33.2 Å². The van der Waals surface area contributed by atoms with Gasteiger partial charge in [-0.05, 0) is 28.1 Å². The van der Waals surface area contributed by atoms with E-state index in [0.717, 1.165) is 21.8 Å². The van der Waals surface area contributed by atoms with Crippen molar-refractivity contribution in [2.45, 2.75) is 0 Å². The van der Waals surface area contributed by atoms with E-state index >= 15 is 0 Å². The summed E-state index contributed by atoms with van der Waals surface area (Å²) >= 11 is 3.46. The van der Waals surface area contributed by atoms with E-state index in [1.165, 1.54) is 0 Å². The number of hydrogen-bond acceptors (Lipinski definition) is 3. The molecule has 0 atom stereocenters. The number of carbonyl (C=O) groups is 1. The van der Waals surface area contributed by atoms with Gasteiger partial charge < -0.3 is 0 Å². The van der Waals surface area contributed by atoms with Crippen molar-refractivity contribution in [3.05, 3.63) is 58.7 Å². The molecule has 0 fully saturated rings. The topological polar surface area (TPSA) is 42.9 Å². The highest BCUT2D eigenvalue weighted by atomic mass is 79.9. The standard InChI is InChI=1S/C15H9BrN2O/c16-11-7-4-8-12-15(11)18-14(13(9-19)17-12)10-5-2-1-3-6-10/h1-9H. The third-order valence-corrected chi connectivity index (χ3v) is 3.47. The minimum Gasteiger partial charge on any atom is -0.296 e. The van der Waals surface area contributed by atoms with Crippen molar-refractivity contribution in [3.63, 3.8) is 0 Å². The lowest BCUT2D eigenvalue weighted by Crippen LogP contribution is -1.98. The minimum atomic E-state index is 0.358. The highest BCUT2D eigenvalue weighted by molar-refractivity contribution is 9.10. The number of para-hydroxylation sites is 1. The molecular weight excluding hydrogens is 304 g/mol. The zero-order valence-corrected chi connectivity index (χ0v) is 11.5. The van der Waals surface area contributed by atoms with E-state index < -0.39 is 0 Å². The van der Waals surface area contributed by atoms with Crippen LogP contribution in [0.4, 0.5) is 0 Å². The van der Waals surface area contributed by atoms with Gasteiger partial charge in [-0.25, -0.2) is 9.97 Å². The van der Waals surface area contributed by atoms with Crippen LogP contribution in [0.3, 0.4) is 0 Å². The first-order valence-electron chi connectivity index (χ1n) is 5.76. The first-order valence-corrected chi connectivity index (χ1v) is 6.56. The summed E-state index contributed by atoms with van der Waals surface area (Å²) in [7, 11) is 0. The molecule has 92 valence electrons. The summed E-state index contributed by atoms with van der Waals surface area (Å²) in [5, 5.41) is 0. The SMILES string of the molecule is O=Cc1nc2cccc(Br)c2nc1-c1ccccc1. The van der Waals surface area contributed by atoms with E-state index in [0.29, 0.717) is 16.9 Å². The van der Waals surface area contributed by atoms with Crippen LogP contribution in [-0.4, -0.2) is 16.3 Å². The zero-order chi connectivity index (χ0) is 13.2. The summed E-state index contributed by atoms with van der Waals surface area (Å²) in [4.78, 5) is 20.2. The molecular formula is C15H9BrN2O. The lowest BCUT2D eigenvalue weighted by Gasteiger charge is -2.06. The second-order valence-corrected chi connectivity index (χ2v) is 4.90. The van der Waals surface area contributed by atoms with E-state index in [2.05, 4.69) is 25.9 Å². The van der Waals surface area contributed by atoms with Crippen LogP contribution in [0, 0.1) is 0 Å². The van der Waals surface area contributed by atoms with E-state index in [-0.39, 0.29) is 0 Å². The Kier molecular flexibility index (Phi) is 3.09.